The maximum absolute atomic E-state index is 12.9. The van der Waals surface area contributed by atoms with Crippen molar-refractivity contribution in [1.82, 2.24) is 0 Å². The van der Waals surface area contributed by atoms with E-state index in [4.69, 9.17) is 5.73 Å². The summed E-state index contributed by atoms with van der Waals surface area (Å²) in [5.41, 5.74) is 6.10. The third kappa shape index (κ3) is 2.25. The minimum atomic E-state index is -0.414. The molecule has 0 unspecified atom stereocenters. The predicted octanol–water partition coefficient (Wildman–Crippen LogP) is 2.31. The van der Waals surface area contributed by atoms with Crippen LogP contribution < -0.4 is 10.6 Å². The van der Waals surface area contributed by atoms with Crippen LogP contribution in [-0.2, 0) is 4.79 Å². The Kier molecular flexibility index (Phi) is 3.66. The summed E-state index contributed by atoms with van der Waals surface area (Å²) in [5, 5.41) is 0. The Balaban J connectivity index is 2.20. The van der Waals surface area contributed by atoms with Crippen molar-refractivity contribution in [3.8, 4) is 0 Å². The van der Waals surface area contributed by atoms with Crippen molar-refractivity contribution in [2.75, 3.05) is 18.5 Å². The second kappa shape index (κ2) is 5.06. The number of carbonyl (C=O) groups is 1. The van der Waals surface area contributed by atoms with Gasteiger partial charge in [-0.15, -0.1) is 0 Å². The van der Waals surface area contributed by atoms with E-state index in [-0.39, 0.29) is 11.7 Å². The van der Waals surface area contributed by atoms with E-state index in [1.807, 2.05) is 0 Å². The number of amides is 1. The molecule has 4 heteroatoms. The second-order valence-electron chi connectivity index (χ2n) is 5.03. The summed E-state index contributed by atoms with van der Waals surface area (Å²) in [6, 6.07) is 5.96. The summed E-state index contributed by atoms with van der Waals surface area (Å²) < 4.78 is 12.9. The van der Waals surface area contributed by atoms with Gasteiger partial charge in [-0.1, -0.05) is 12.8 Å². The Morgan fingerprint density at radius 1 is 1.33 bits per heavy atom. The first-order chi connectivity index (χ1) is 8.59. The molecule has 18 heavy (non-hydrogen) atoms. The summed E-state index contributed by atoms with van der Waals surface area (Å²) in [6.07, 6.45) is 3.82. The minimum absolute atomic E-state index is 0.0501. The lowest BCUT2D eigenvalue weighted by Crippen LogP contribution is -2.45. The molecule has 0 aromatic heterocycles. The van der Waals surface area contributed by atoms with Crippen molar-refractivity contribution in [1.29, 1.82) is 0 Å². The van der Waals surface area contributed by atoms with Gasteiger partial charge in [0.15, 0.2) is 0 Å². The molecule has 1 aromatic rings. The number of hydrogen-bond acceptors (Lipinski definition) is 2. The van der Waals surface area contributed by atoms with Crippen LogP contribution in [0.5, 0.6) is 0 Å². The number of nitrogens with two attached hydrogens (primary N) is 1. The minimum Gasteiger partial charge on any atom is -0.329 e. The van der Waals surface area contributed by atoms with Crippen molar-refractivity contribution in [2.24, 2.45) is 11.1 Å². The van der Waals surface area contributed by atoms with Gasteiger partial charge in [0.25, 0.3) is 0 Å². The highest BCUT2D eigenvalue weighted by Crippen LogP contribution is 2.39. The van der Waals surface area contributed by atoms with Gasteiger partial charge in [-0.25, -0.2) is 4.39 Å². The Labute approximate surface area is 107 Å². The van der Waals surface area contributed by atoms with E-state index in [2.05, 4.69) is 0 Å². The van der Waals surface area contributed by atoms with Crippen LogP contribution in [0, 0.1) is 11.2 Å². The fourth-order valence-corrected chi connectivity index (χ4v) is 2.69. The highest BCUT2D eigenvalue weighted by Gasteiger charge is 2.41. The van der Waals surface area contributed by atoms with Crippen LogP contribution in [0.15, 0.2) is 24.3 Å². The summed E-state index contributed by atoms with van der Waals surface area (Å²) >= 11 is 0. The average molecular weight is 250 g/mol. The molecule has 3 nitrogen and oxygen atoms in total. The first kappa shape index (κ1) is 13.0. The molecular weight excluding hydrogens is 231 g/mol. The summed E-state index contributed by atoms with van der Waals surface area (Å²) in [5.74, 6) is -0.247. The van der Waals surface area contributed by atoms with Gasteiger partial charge in [0.2, 0.25) is 5.91 Å². The van der Waals surface area contributed by atoms with E-state index < -0.39 is 5.41 Å². The molecule has 1 aliphatic carbocycles. The van der Waals surface area contributed by atoms with Crippen molar-refractivity contribution >= 4 is 11.6 Å². The molecule has 0 bridgehead atoms. The van der Waals surface area contributed by atoms with Gasteiger partial charge >= 0.3 is 0 Å². The van der Waals surface area contributed by atoms with Crippen LogP contribution in [-0.4, -0.2) is 19.5 Å². The number of halogens is 1. The number of anilines is 1. The number of benzene rings is 1. The third-order valence-corrected chi connectivity index (χ3v) is 3.92. The molecule has 1 saturated carbocycles. The summed E-state index contributed by atoms with van der Waals surface area (Å²) in [7, 11) is 1.73. The van der Waals surface area contributed by atoms with E-state index in [1.54, 1.807) is 24.1 Å². The van der Waals surface area contributed by atoms with Gasteiger partial charge in [-0.2, -0.15) is 0 Å². The van der Waals surface area contributed by atoms with Gasteiger partial charge in [0.1, 0.15) is 5.82 Å². The fraction of sp³-hybridized carbons (Fsp3) is 0.500. The van der Waals surface area contributed by atoms with Crippen LogP contribution in [0.3, 0.4) is 0 Å². The van der Waals surface area contributed by atoms with Crippen LogP contribution in [0.25, 0.3) is 0 Å². The summed E-state index contributed by atoms with van der Waals surface area (Å²) in [6.45, 7) is 0.386. The normalized spacial score (nSPS) is 17.7. The largest absolute Gasteiger partial charge is 0.329 e. The molecular formula is C14H19FN2O. The highest BCUT2D eigenvalue weighted by molar-refractivity contribution is 5.97. The van der Waals surface area contributed by atoms with E-state index in [0.717, 1.165) is 25.7 Å². The smallest absolute Gasteiger partial charge is 0.234 e. The molecule has 1 aliphatic rings. The van der Waals surface area contributed by atoms with Crippen LogP contribution in [0.2, 0.25) is 0 Å². The van der Waals surface area contributed by atoms with E-state index >= 15 is 0 Å². The predicted molar refractivity (Wildman–Crippen MR) is 69.8 cm³/mol. The first-order valence-electron chi connectivity index (χ1n) is 6.33. The molecule has 2 rings (SSSR count). The summed E-state index contributed by atoms with van der Waals surface area (Å²) in [4.78, 5) is 14.1. The van der Waals surface area contributed by atoms with E-state index in [0.29, 0.717) is 12.2 Å². The third-order valence-electron chi connectivity index (χ3n) is 3.92. The highest BCUT2D eigenvalue weighted by atomic mass is 19.1. The molecule has 1 fully saturated rings. The van der Waals surface area contributed by atoms with Crippen molar-refractivity contribution in [3.63, 3.8) is 0 Å². The molecule has 0 saturated heterocycles. The quantitative estimate of drug-likeness (QED) is 0.894. The molecule has 0 aliphatic heterocycles. The lowest BCUT2D eigenvalue weighted by molar-refractivity contribution is -0.127. The number of hydrogen-bond donors (Lipinski definition) is 1. The molecule has 0 atom stereocenters. The molecule has 0 heterocycles. The zero-order valence-electron chi connectivity index (χ0n) is 10.7. The number of nitrogens with zero attached hydrogens (tertiary/aromatic N) is 1. The van der Waals surface area contributed by atoms with Gasteiger partial charge in [0, 0.05) is 19.3 Å². The van der Waals surface area contributed by atoms with Crippen molar-refractivity contribution in [2.45, 2.75) is 25.7 Å². The van der Waals surface area contributed by atoms with Gasteiger partial charge in [-0.3, -0.25) is 4.79 Å². The fourth-order valence-electron chi connectivity index (χ4n) is 2.69. The van der Waals surface area contributed by atoms with Gasteiger partial charge < -0.3 is 10.6 Å². The zero-order chi connectivity index (χ0) is 13.2. The molecule has 0 radical (unpaired) electrons. The van der Waals surface area contributed by atoms with Crippen molar-refractivity contribution in [3.05, 3.63) is 30.1 Å². The van der Waals surface area contributed by atoms with Gasteiger partial charge in [0.05, 0.1) is 5.41 Å². The average Bonchev–Trinajstić information content (AvgIpc) is 2.88. The number of rotatable bonds is 3. The Bertz CT molecular complexity index is 424. The molecule has 1 aromatic carbocycles. The maximum atomic E-state index is 12.9. The molecule has 2 N–H and O–H groups in total. The zero-order valence-corrected chi connectivity index (χ0v) is 10.7. The van der Waals surface area contributed by atoms with E-state index in [9.17, 15) is 9.18 Å². The number of carbonyl (C=O) groups excluding carboxylic acids is 1. The molecule has 1 amide bonds. The Morgan fingerprint density at radius 3 is 2.39 bits per heavy atom. The van der Waals surface area contributed by atoms with E-state index in [1.165, 1.54) is 12.1 Å². The maximum Gasteiger partial charge on any atom is 0.234 e. The SMILES string of the molecule is CN(C(=O)C1(CN)CCCC1)c1ccc(F)cc1. The Morgan fingerprint density at radius 2 is 1.89 bits per heavy atom. The van der Waals surface area contributed by atoms with Gasteiger partial charge in [-0.05, 0) is 37.1 Å². The monoisotopic (exact) mass is 250 g/mol. The van der Waals surface area contributed by atoms with Crippen molar-refractivity contribution < 1.29 is 9.18 Å². The van der Waals surface area contributed by atoms with Crippen LogP contribution in [0.1, 0.15) is 25.7 Å². The topological polar surface area (TPSA) is 46.3 Å². The van der Waals surface area contributed by atoms with Crippen LogP contribution in [0.4, 0.5) is 10.1 Å². The second-order valence-corrected chi connectivity index (χ2v) is 5.03. The lowest BCUT2D eigenvalue weighted by Gasteiger charge is -2.31. The molecule has 98 valence electrons. The lowest BCUT2D eigenvalue weighted by atomic mass is 9.84. The first-order valence-corrected chi connectivity index (χ1v) is 6.33. The standard InChI is InChI=1S/C14H19FN2O/c1-17(12-6-4-11(15)5-7-12)13(18)14(10-16)8-2-3-9-14/h4-7H,2-3,8-10,16H2,1H3. The Hall–Kier alpha value is -1.42. The van der Waals surface area contributed by atoms with Crippen LogP contribution >= 0.6 is 0 Å². The molecule has 0 spiro atoms.